The van der Waals surface area contributed by atoms with Crippen LogP contribution in [-0.4, -0.2) is 12.4 Å². The molecule has 2 rings (SSSR count). The number of ketones is 1. The van der Waals surface area contributed by atoms with Gasteiger partial charge in [0, 0.05) is 5.92 Å². The van der Waals surface area contributed by atoms with Crippen LogP contribution in [0.4, 0.5) is 0 Å². The van der Waals surface area contributed by atoms with E-state index < -0.39 is 0 Å². The number of Topliss-reactive ketones (excluding diaryl/α,β-unsaturated/α-hetero) is 1. The average Bonchev–Trinajstić information content (AvgIpc) is 2.44. The quantitative estimate of drug-likeness (QED) is 0.592. The van der Waals surface area contributed by atoms with E-state index in [1.165, 1.54) is 5.57 Å². The summed E-state index contributed by atoms with van der Waals surface area (Å²) in [5, 5.41) is 0. The summed E-state index contributed by atoms with van der Waals surface area (Å²) in [6, 6.07) is 0. The molecule has 0 saturated heterocycles. The molecule has 0 N–H and O–H groups in total. The second-order valence-electron chi connectivity index (χ2n) is 5.37. The highest BCUT2D eigenvalue weighted by molar-refractivity contribution is 5.99. The van der Waals surface area contributed by atoms with E-state index in [9.17, 15) is 4.79 Å². The minimum absolute atomic E-state index is 0.0672. The Morgan fingerprint density at radius 3 is 2.64 bits per heavy atom. The molecule has 2 heteroatoms. The van der Waals surface area contributed by atoms with Crippen molar-refractivity contribution < 1.29 is 9.53 Å². The molecule has 0 bridgehead atoms. The Hall–Kier alpha value is -0.790. The van der Waals surface area contributed by atoms with Crippen LogP contribution in [0.25, 0.3) is 0 Å². The van der Waals surface area contributed by atoms with Crippen molar-refractivity contribution >= 4 is 5.78 Å². The monoisotopic (exact) mass is 194 g/mol. The van der Waals surface area contributed by atoms with Gasteiger partial charge < -0.3 is 4.74 Å². The van der Waals surface area contributed by atoms with Gasteiger partial charge in [0.15, 0.2) is 5.76 Å². The van der Waals surface area contributed by atoms with E-state index in [1.54, 1.807) is 0 Å². The number of hydrogen-bond donors (Lipinski definition) is 0. The molecule has 1 unspecified atom stereocenters. The lowest BCUT2D eigenvalue weighted by Crippen LogP contribution is -2.26. The zero-order valence-corrected chi connectivity index (χ0v) is 9.22. The third kappa shape index (κ3) is 1.47. The van der Waals surface area contributed by atoms with E-state index in [0.29, 0.717) is 5.76 Å². The van der Waals surface area contributed by atoms with Gasteiger partial charge >= 0.3 is 0 Å². The Kier molecular flexibility index (Phi) is 2.17. The van der Waals surface area contributed by atoms with Gasteiger partial charge in [-0.2, -0.15) is 0 Å². The number of rotatable bonds is 0. The van der Waals surface area contributed by atoms with Crippen LogP contribution in [0.1, 0.15) is 40.0 Å². The Morgan fingerprint density at radius 2 is 2.07 bits per heavy atom. The minimum atomic E-state index is 0.0672. The van der Waals surface area contributed by atoms with Gasteiger partial charge in [0.25, 0.3) is 0 Å². The van der Waals surface area contributed by atoms with Crippen molar-refractivity contribution in [2.24, 2.45) is 11.3 Å². The largest absolute Gasteiger partial charge is 0.490 e. The zero-order valence-electron chi connectivity index (χ0n) is 9.22. The highest BCUT2D eigenvalue weighted by Crippen LogP contribution is 2.42. The standard InChI is InChI=1S/C12H18O2/c1-12(2,3)9-7-8-5-4-6-14-11(8)10(9)13/h9H,4-7H2,1-3H3. The molecule has 1 aliphatic carbocycles. The normalized spacial score (nSPS) is 27.6. The van der Waals surface area contributed by atoms with Gasteiger partial charge in [-0.25, -0.2) is 0 Å². The smallest absolute Gasteiger partial charge is 0.201 e. The predicted molar refractivity (Wildman–Crippen MR) is 54.8 cm³/mol. The Bertz CT molecular complexity index is 294. The molecule has 0 saturated carbocycles. The van der Waals surface area contributed by atoms with Crippen LogP contribution in [0.15, 0.2) is 11.3 Å². The van der Waals surface area contributed by atoms with Crippen molar-refractivity contribution in [3.05, 3.63) is 11.3 Å². The summed E-state index contributed by atoms with van der Waals surface area (Å²) in [6.07, 6.45) is 3.06. The summed E-state index contributed by atoms with van der Waals surface area (Å²) in [6.45, 7) is 7.12. The molecule has 0 amide bonds. The van der Waals surface area contributed by atoms with E-state index in [1.807, 2.05) is 0 Å². The van der Waals surface area contributed by atoms with Gasteiger partial charge in [-0.15, -0.1) is 0 Å². The van der Waals surface area contributed by atoms with Gasteiger partial charge in [0.2, 0.25) is 5.78 Å². The highest BCUT2D eigenvalue weighted by Gasteiger charge is 2.41. The fourth-order valence-corrected chi connectivity index (χ4v) is 2.31. The fraction of sp³-hybridized carbons (Fsp3) is 0.750. The lowest BCUT2D eigenvalue weighted by Gasteiger charge is -2.25. The number of carbonyl (C=O) groups is 1. The van der Waals surface area contributed by atoms with E-state index >= 15 is 0 Å². The summed E-state index contributed by atoms with van der Waals surface area (Å²) in [4.78, 5) is 12.0. The molecule has 0 aromatic carbocycles. The number of hydrogen-bond acceptors (Lipinski definition) is 2. The molecular formula is C12H18O2. The first-order valence-corrected chi connectivity index (χ1v) is 5.39. The highest BCUT2D eigenvalue weighted by atomic mass is 16.5. The lowest BCUT2D eigenvalue weighted by molar-refractivity contribution is -0.124. The molecule has 1 heterocycles. The van der Waals surface area contributed by atoms with Crippen molar-refractivity contribution in [1.82, 2.24) is 0 Å². The maximum atomic E-state index is 12.0. The zero-order chi connectivity index (χ0) is 10.3. The second kappa shape index (κ2) is 3.11. The molecule has 1 atom stereocenters. The summed E-state index contributed by atoms with van der Waals surface area (Å²) in [5.74, 6) is 1.09. The lowest BCUT2D eigenvalue weighted by atomic mass is 9.78. The Morgan fingerprint density at radius 1 is 1.36 bits per heavy atom. The third-order valence-electron chi connectivity index (χ3n) is 3.23. The van der Waals surface area contributed by atoms with Crippen LogP contribution in [0.2, 0.25) is 0 Å². The Balaban J connectivity index is 2.22. The number of carbonyl (C=O) groups excluding carboxylic acids is 1. The van der Waals surface area contributed by atoms with Crippen LogP contribution in [-0.2, 0) is 9.53 Å². The molecule has 0 spiro atoms. The van der Waals surface area contributed by atoms with Crippen molar-refractivity contribution in [1.29, 1.82) is 0 Å². The minimum Gasteiger partial charge on any atom is -0.490 e. The maximum Gasteiger partial charge on any atom is 0.201 e. The van der Waals surface area contributed by atoms with Gasteiger partial charge in [0.1, 0.15) is 0 Å². The first kappa shape index (κ1) is 9.75. The molecule has 2 nitrogen and oxygen atoms in total. The van der Waals surface area contributed by atoms with Gasteiger partial charge in [-0.05, 0) is 30.3 Å². The molecule has 14 heavy (non-hydrogen) atoms. The molecule has 0 radical (unpaired) electrons. The van der Waals surface area contributed by atoms with Crippen LogP contribution in [0, 0.1) is 11.3 Å². The molecule has 78 valence electrons. The van der Waals surface area contributed by atoms with Crippen LogP contribution < -0.4 is 0 Å². The van der Waals surface area contributed by atoms with E-state index in [2.05, 4.69) is 20.8 Å². The molecule has 1 aliphatic heterocycles. The average molecular weight is 194 g/mol. The third-order valence-corrected chi connectivity index (χ3v) is 3.23. The second-order valence-corrected chi connectivity index (χ2v) is 5.37. The number of ether oxygens (including phenoxy) is 1. The van der Waals surface area contributed by atoms with Gasteiger partial charge in [0.05, 0.1) is 6.61 Å². The topological polar surface area (TPSA) is 26.3 Å². The van der Waals surface area contributed by atoms with Crippen molar-refractivity contribution in [3.8, 4) is 0 Å². The first-order chi connectivity index (χ1) is 6.50. The number of allylic oxidation sites excluding steroid dienone is 2. The summed E-state index contributed by atoms with van der Waals surface area (Å²) < 4.78 is 5.47. The fourth-order valence-electron chi connectivity index (χ4n) is 2.31. The summed E-state index contributed by atoms with van der Waals surface area (Å²) >= 11 is 0. The molecule has 2 aliphatic rings. The molecule has 0 fully saturated rings. The Labute approximate surface area is 85.3 Å². The van der Waals surface area contributed by atoms with Crippen molar-refractivity contribution in [3.63, 3.8) is 0 Å². The van der Waals surface area contributed by atoms with Gasteiger partial charge in [-0.3, -0.25) is 4.79 Å². The van der Waals surface area contributed by atoms with Crippen LogP contribution >= 0.6 is 0 Å². The maximum absolute atomic E-state index is 12.0. The molecule has 0 aromatic rings. The molecular weight excluding hydrogens is 176 g/mol. The summed E-state index contributed by atoms with van der Waals surface area (Å²) in [7, 11) is 0. The van der Waals surface area contributed by atoms with E-state index in [-0.39, 0.29) is 17.1 Å². The van der Waals surface area contributed by atoms with Crippen LogP contribution in [0.5, 0.6) is 0 Å². The van der Waals surface area contributed by atoms with Gasteiger partial charge in [-0.1, -0.05) is 20.8 Å². The van der Waals surface area contributed by atoms with Crippen molar-refractivity contribution in [2.75, 3.05) is 6.61 Å². The van der Waals surface area contributed by atoms with E-state index in [0.717, 1.165) is 25.9 Å². The predicted octanol–water partition coefficient (Wildman–Crippen LogP) is 2.69. The summed E-state index contributed by atoms with van der Waals surface area (Å²) in [5.41, 5.74) is 1.33. The SMILES string of the molecule is CC(C)(C)C1CC2=C(OCCC2)C1=O. The van der Waals surface area contributed by atoms with Crippen molar-refractivity contribution in [2.45, 2.75) is 40.0 Å². The first-order valence-electron chi connectivity index (χ1n) is 5.39. The van der Waals surface area contributed by atoms with E-state index in [4.69, 9.17) is 4.74 Å². The molecule has 0 aromatic heterocycles. The van der Waals surface area contributed by atoms with Crippen LogP contribution in [0.3, 0.4) is 0 Å².